The Hall–Kier alpha value is -4.17. The van der Waals surface area contributed by atoms with Crippen LogP contribution in [-0.2, 0) is 13.1 Å². The van der Waals surface area contributed by atoms with Crippen LogP contribution < -0.4 is 28.4 Å². The lowest BCUT2D eigenvalue weighted by Crippen LogP contribution is -2.32. The summed E-state index contributed by atoms with van der Waals surface area (Å²) >= 11 is 0. The summed E-state index contributed by atoms with van der Waals surface area (Å²) in [6.45, 7) is 3.64. The standard InChI is InChI=1S/C29H29NO7/c1-17-28-20(15-30(16-36-28)14-19-7-9-23(33-3)25(12-19)35-5)13-21-27(31)26(37-29(17)21)11-18-6-8-22(32-2)24(10-18)34-4/h6-13H,14-16H2,1-5H3/b26-11-. The fourth-order valence-electron chi connectivity index (χ4n) is 4.73. The molecule has 192 valence electrons. The molecule has 0 aliphatic carbocycles. The Labute approximate surface area is 215 Å². The Morgan fingerprint density at radius 2 is 1.54 bits per heavy atom. The highest BCUT2D eigenvalue weighted by Gasteiger charge is 2.33. The van der Waals surface area contributed by atoms with Crippen LogP contribution in [0.15, 0.2) is 48.2 Å². The van der Waals surface area contributed by atoms with E-state index in [2.05, 4.69) is 4.90 Å². The maximum atomic E-state index is 13.3. The first kappa shape index (κ1) is 24.5. The Balaban J connectivity index is 1.38. The number of allylic oxidation sites excluding steroid dienone is 1. The van der Waals surface area contributed by atoms with Crippen LogP contribution >= 0.6 is 0 Å². The summed E-state index contributed by atoms with van der Waals surface area (Å²) in [6, 6.07) is 13.2. The van der Waals surface area contributed by atoms with Gasteiger partial charge in [0.15, 0.2) is 28.8 Å². The monoisotopic (exact) mass is 503 g/mol. The summed E-state index contributed by atoms with van der Waals surface area (Å²) in [7, 11) is 6.40. The predicted molar refractivity (Wildman–Crippen MR) is 138 cm³/mol. The molecule has 2 aliphatic heterocycles. The molecule has 2 aliphatic rings. The highest BCUT2D eigenvalue weighted by molar-refractivity contribution is 6.15. The number of hydrogen-bond donors (Lipinski definition) is 0. The molecule has 0 amide bonds. The number of carbonyl (C=O) groups excluding carboxylic acids is 1. The van der Waals surface area contributed by atoms with Crippen molar-refractivity contribution in [2.45, 2.75) is 20.0 Å². The van der Waals surface area contributed by atoms with Crippen LogP contribution in [-0.4, -0.2) is 45.9 Å². The molecule has 3 aromatic rings. The van der Waals surface area contributed by atoms with Crippen molar-refractivity contribution in [1.29, 1.82) is 0 Å². The summed E-state index contributed by atoms with van der Waals surface area (Å²) in [5.74, 6) is 3.98. The molecule has 0 saturated carbocycles. The van der Waals surface area contributed by atoms with Crippen molar-refractivity contribution >= 4 is 11.9 Å². The molecule has 8 heteroatoms. The molecular weight excluding hydrogens is 474 g/mol. The maximum Gasteiger partial charge on any atom is 0.231 e. The molecule has 5 rings (SSSR count). The molecule has 0 radical (unpaired) electrons. The topological polar surface area (TPSA) is 75.7 Å². The van der Waals surface area contributed by atoms with E-state index < -0.39 is 0 Å². The second-order valence-electron chi connectivity index (χ2n) is 8.87. The number of ketones is 1. The van der Waals surface area contributed by atoms with Gasteiger partial charge in [0.25, 0.3) is 0 Å². The van der Waals surface area contributed by atoms with E-state index in [0.717, 1.165) is 28.0 Å². The minimum atomic E-state index is -0.160. The third-order valence-electron chi connectivity index (χ3n) is 6.56. The van der Waals surface area contributed by atoms with Gasteiger partial charge < -0.3 is 28.4 Å². The van der Waals surface area contributed by atoms with E-state index in [1.807, 2.05) is 37.3 Å². The van der Waals surface area contributed by atoms with E-state index in [1.54, 1.807) is 46.6 Å². The van der Waals surface area contributed by atoms with Crippen molar-refractivity contribution in [1.82, 2.24) is 4.90 Å². The zero-order valence-electron chi connectivity index (χ0n) is 21.5. The average Bonchev–Trinajstić information content (AvgIpc) is 3.23. The third kappa shape index (κ3) is 4.56. The Morgan fingerprint density at radius 3 is 2.24 bits per heavy atom. The quantitative estimate of drug-likeness (QED) is 0.417. The van der Waals surface area contributed by atoms with Gasteiger partial charge in [-0.2, -0.15) is 0 Å². The molecule has 0 spiro atoms. The van der Waals surface area contributed by atoms with E-state index in [0.29, 0.717) is 54.1 Å². The lowest BCUT2D eigenvalue weighted by molar-refractivity contribution is 0.0876. The van der Waals surface area contributed by atoms with Crippen molar-refractivity contribution in [3.63, 3.8) is 0 Å². The van der Waals surface area contributed by atoms with E-state index in [4.69, 9.17) is 28.4 Å². The van der Waals surface area contributed by atoms with Gasteiger partial charge in [0, 0.05) is 24.2 Å². The number of fused-ring (bicyclic) bond motifs is 2. The predicted octanol–water partition coefficient (Wildman–Crippen LogP) is 5.00. The van der Waals surface area contributed by atoms with E-state index in [9.17, 15) is 4.79 Å². The lowest BCUT2D eigenvalue weighted by atomic mass is 9.99. The maximum absolute atomic E-state index is 13.3. The summed E-state index contributed by atoms with van der Waals surface area (Å²) in [5, 5.41) is 0. The van der Waals surface area contributed by atoms with Gasteiger partial charge in [-0.3, -0.25) is 9.69 Å². The first-order valence-corrected chi connectivity index (χ1v) is 11.8. The fourth-order valence-corrected chi connectivity index (χ4v) is 4.73. The van der Waals surface area contributed by atoms with Gasteiger partial charge in [-0.15, -0.1) is 0 Å². The summed E-state index contributed by atoms with van der Waals surface area (Å²) in [5.41, 5.74) is 4.16. The van der Waals surface area contributed by atoms with Crippen molar-refractivity contribution in [3.05, 3.63) is 76.0 Å². The zero-order chi connectivity index (χ0) is 26.1. The van der Waals surface area contributed by atoms with Gasteiger partial charge >= 0.3 is 0 Å². The van der Waals surface area contributed by atoms with Crippen molar-refractivity contribution in [2.24, 2.45) is 0 Å². The number of ether oxygens (including phenoxy) is 6. The third-order valence-corrected chi connectivity index (χ3v) is 6.56. The van der Waals surface area contributed by atoms with E-state index in [1.165, 1.54) is 0 Å². The number of methoxy groups -OCH3 is 4. The lowest BCUT2D eigenvalue weighted by Gasteiger charge is -2.30. The van der Waals surface area contributed by atoms with Gasteiger partial charge in [0.2, 0.25) is 5.78 Å². The Bertz CT molecular complexity index is 1400. The zero-order valence-corrected chi connectivity index (χ0v) is 21.5. The first-order chi connectivity index (χ1) is 17.9. The fraction of sp³-hybridized carbons (Fsp3) is 0.276. The van der Waals surface area contributed by atoms with Gasteiger partial charge in [-0.05, 0) is 54.5 Å². The molecule has 0 bridgehead atoms. The number of hydrogen-bond acceptors (Lipinski definition) is 8. The second kappa shape index (κ2) is 10.1. The van der Waals surface area contributed by atoms with Crippen molar-refractivity contribution in [2.75, 3.05) is 35.2 Å². The average molecular weight is 504 g/mol. The Kier molecular flexibility index (Phi) is 6.67. The molecular formula is C29H29NO7. The van der Waals surface area contributed by atoms with Crippen LogP contribution in [0.5, 0.6) is 34.5 Å². The van der Waals surface area contributed by atoms with Crippen LogP contribution in [0, 0.1) is 6.92 Å². The molecule has 0 fully saturated rings. The van der Waals surface area contributed by atoms with Gasteiger partial charge in [0.05, 0.1) is 34.0 Å². The largest absolute Gasteiger partial charge is 0.493 e. The van der Waals surface area contributed by atoms with Gasteiger partial charge in [0.1, 0.15) is 18.2 Å². The van der Waals surface area contributed by atoms with E-state index in [-0.39, 0.29) is 11.5 Å². The van der Waals surface area contributed by atoms with Crippen LogP contribution in [0.2, 0.25) is 0 Å². The van der Waals surface area contributed by atoms with Crippen LogP contribution in [0.25, 0.3) is 6.08 Å². The molecule has 3 aromatic carbocycles. The highest BCUT2D eigenvalue weighted by atomic mass is 16.5. The minimum absolute atomic E-state index is 0.160. The molecule has 37 heavy (non-hydrogen) atoms. The summed E-state index contributed by atoms with van der Waals surface area (Å²) in [6.07, 6.45) is 1.72. The number of Topliss-reactive ketones (excluding diaryl/α,β-unsaturated/α-hetero) is 1. The number of nitrogens with zero attached hydrogens (tertiary/aromatic N) is 1. The van der Waals surface area contributed by atoms with Gasteiger partial charge in [-0.25, -0.2) is 0 Å². The SMILES string of the molecule is COc1ccc(/C=C2\Oc3c(cc4c(c3C)OCN(Cc3ccc(OC)c(OC)c3)C4)C2=O)cc1OC. The van der Waals surface area contributed by atoms with Crippen LogP contribution in [0.4, 0.5) is 0 Å². The minimum Gasteiger partial charge on any atom is -0.493 e. The smallest absolute Gasteiger partial charge is 0.231 e. The van der Waals surface area contributed by atoms with Crippen molar-refractivity contribution in [3.8, 4) is 34.5 Å². The van der Waals surface area contributed by atoms with E-state index >= 15 is 0 Å². The molecule has 2 heterocycles. The van der Waals surface area contributed by atoms with Gasteiger partial charge in [-0.1, -0.05) is 12.1 Å². The molecule has 0 saturated heterocycles. The number of benzene rings is 3. The number of carbonyl (C=O) groups is 1. The molecule has 0 atom stereocenters. The number of rotatable bonds is 7. The highest BCUT2D eigenvalue weighted by Crippen LogP contribution is 2.43. The normalized spacial score (nSPS) is 15.5. The Morgan fingerprint density at radius 1 is 0.865 bits per heavy atom. The molecule has 0 N–H and O–H groups in total. The molecule has 8 nitrogen and oxygen atoms in total. The molecule has 0 aromatic heterocycles. The van der Waals surface area contributed by atoms with Crippen molar-refractivity contribution < 1.29 is 33.2 Å². The summed E-state index contributed by atoms with van der Waals surface area (Å²) < 4.78 is 33.6. The van der Waals surface area contributed by atoms with Crippen LogP contribution in [0.3, 0.4) is 0 Å². The first-order valence-electron chi connectivity index (χ1n) is 11.8. The van der Waals surface area contributed by atoms with Crippen LogP contribution in [0.1, 0.15) is 32.6 Å². The second-order valence-corrected chi connectivity index (χ2v) is 8.87. The summed E-state index contributed by atoms with van der Waals surface area (Å²) in [4.78, 5) is 15.5. The molecule has 0 unspecified atom stereocenters.